The van der Waals surface area contributed by atoms with Crippen molar-refractivity contribution < 1.29 is 4.79 Å². The van der Waals surface area contributed by atoms with Crippen LogP contribution in [0.1, 0.15) is 30.1 Å². The number of benzene rings is 1. The number of para-hydroxylation sites is 1. The van der Waals surface area contributed by atoms with E-state index in [0.29, 0.717) is 5.92 Å². The van der Waals surface area contributed by atoms with Crippen molar-refractivity contribution in [1.29, 1.82) is 0 Å². The van der Waals surface area contributed by atoms with E-state index < -0.39 is 0 Å². The highest BCUT2D eigenvalue weighted by Crippen LogP contribution is 2.38. The maximum Gasteiger partial charge on any atom is 0.167 e. The Morgan fingerprint density at radius 1 is 1.35 bits per heavy atom. The van der Waals surface area contributed by atoms with E-state index in [1.54, 1.807) is 6.20 Å². The number of aromatic nitrogens is 1. The first-order chi connectivity index (χ1) is 8.25. The van der Waals surface area contributed by atoms with Crippen LogP contribution < -0.4 is 0 Å². The van der Waals surface area contributed by atoms with Gasteiger partial charge in [-0.2, -0.15) is 0 Å². The summed E-state index contributed by atoms with van der Waals surface area (Å²) in [4.78, 5) is 16.6. The molecule has 2 aromatic rings. The summed E-state index contributed by atoms with van der Waals surface area (Å²) in [6, 6.07) is 9.87. The molecule has 0 aliphatic heterocycles. The Kier molecular flexibility index (Phi) is 2.43. The monoisotopic (exact) mass is 225 g/mol. The number of hydrogen-bond acceptors (Lipinski definition) is 2. The van der Waals surface area contributed by atoms with Gasteiger partial charge in [-0.15, -0.1) is 0 Å². The van der Waals surface area contributed by atoms with E-state index in [0.717, 1.165) is 16.5 Å². The molecule has 1 aromatic carbocycles. The summed E-state index contributed by atoms with van der Waals surface area (Å²) in [5, 5.41) is 1.04. The van der Waals surface area contributed by atoms with E-state index in [4.69, 9.17) is 0 Å². The minimum Gasteiger partial charge on any atom is -0.294 e. The topological polar surface area (TPSA) is 30.0 Å². The lowest BCUT2D eigenvalue weighted by molar-refractivity contribution is 0.0916. The van der Waals surface area contributed by atoms with Crippen LogP contribution in [0.4, 0.5) is 0 Å². The van der Waals surface area contributed by atoms with Gasteiger partial charge in [-0.3, -0.25) is 9.78 Å². The molecule has 1 saturated carbocycles. The predicted molar refractivity (Wildman–Crippen MR) is 68.0 cm³/mol. The molecule has 1 fully saturated rings. The number of carbonyl (C=O) groups excluding carboxylic acids is 1. The van der Waals surface area contributed by atoms with Gasteiger partial charge in [0.1, 0.15) is 0 Å². The highest BCUT2D eigenvalue weighted by atomic mass is 16.1. The molecule has 0 radical (unpaired) electrons. The molecule has 1 aliphatic carbocycles. The van der Waals surface area contributed by atoms with Crippen molar-refractivity contribution in [3.05, 3.63) is 42.1 Å². The molecule has 1 atom stereocenters. The summed E-state index contributed by atoms with van der Waals surface area (Å²) in [6.45, 7) is 2.04. The SMILES string of the molecule is CC(C(=O)c1cnc2ccccc2c1)C1CC1. The first-order valence-electron chi connectivity index (χ1n) is 6.15. The molecule has 1 aliphatic rings. The van der Waals surface area contributed by atoms with E-state index in [-0.39, 0.29) is 11.7 Å². The number of fused-ring (bicyclic) bond motifs is 1. The number of pyridine rings is 1. The molecule has 0 spiro atoms. The predicted octanol–water partition coefficient (Wildman–Crippen LogP) is 3.46. The summed E-state index contributed by atoms with van der Waals surface area (Å²) in [6.07, 6.45) is 4.12. The first kappa shape index (κ1) is 10.5. The van der Waals surface area contributed by atoms with Crippen LogP contribution in [0, 0.1) is 11.8 Å². The van der Waals surface area contributed by atoms with Gasteiger partial charge in [-0.25, -0.2) is 0 Å². The van der Waals surface area contributed by atoms with Crippen LogP contribution in [-0.4, -0.2) is 10.8 Å². The molecule has 17 heavy (non-hydrogen) atoms. The second kappa shape index (κ2) is 3.95. The lowest BCUT2D eigenvalue weighted by atomic mass is 9.95. The molecule has 0 N–H and O–H groups in total. The third kappa shape index (κ3) is 1.95. The number of Topliss-reactive ketones (excluding diaryl/α,β-unsaturated/α-hetero) is 1. The van der Waals surface area contributed by atoms with Crippen LogP contribution in [0.5, 0.6) is 0 Å². The average molecular weight is 225 g/mol. The fourth-order valence-corrected chi connectivity index (χ4v) is 2.28. The smallest absolute Gasteiger partial charge is 0.167 e. The third-order valence-electron chi connectivity index (χ3n) is 3.62. The molecule has 2 nitrogen and oxygen atoms in total. The van der Waals surface area contributed by atoms with E-state index in [1.165, 1.54) is 12.8 Å². The average Bonchev–Trinajstić information content (AvgIpc) is 3.21. The van der Waals surface area contributed by atoms with Crippen molar-refractivity contribution >= 4 is 16.7 Å². The largest absolute Gasteiger partial charge is 0.294 e. The lowest BCUT2D eigenvalue weighted by Gasteiger charge is -2.09. The zero-order valence-corrected chi connectivity index (χ0v) is 9.89. The third-order valence-corrected chi connectivity index (χ3v) is 3.62. The van der Waals surface area contributed by atoms with Crippen LogP contribution in [-0.2, 0) is 0 Å². The molecule has 0 bridgehead atoms. The van der Waals surface area contributed by atoms with Gasteiger partial charge < -0.3 is 0 Å². The number of rotatable bonds is 3. The lowest BCUT2D eigenvalue weighted by Crippen LogP contribution is -2.13. The van der Waals surface area contributed by atoms with Crippen molar-refractivity contribution in [2.24, 2.45) is 11.8 Å². The Morgan fingerprint density at radius 3 is 2.88 bits per heavy atom. The highest BCUT2D eigenvalue weighted by Gasteiger charge is 2.33. The van der Waals surface area contributed by atoms with Gasteiger partial charge in [0, 0.05) is 23.1 Å². The summed E-state index contributed by atoms with van der Waals surface area (Å²) < 4.78 is 0. The van der Waals surface area contributed by atoms with E-state index in [1.807, 2.05) is 37.3 Å². The van der Waals surface area contributed by atoms with Gasteiger partial charge >= 0.3 is 0 Å². The Labute approximate surface area is 101 Å². The van der Waals surface area contributed by atoms with Crippen molar-refractivity contribution in [3.63, 3.8) is 0 Å². The van der Waals surface area contributed by atoms with Gasteiger partial charge in [0.25, 0.3) is 0 Å². The zero-order chi connectivity index (χ0) is 11.8. The molecular formula is C15H15NO. The van der Waals surface area contributed by atoms with E-state index in [9.17, 15) is 4.79 Å². The first-order valence-corrected chi connectivity index (χ1v) is 6.15. The molecule has 1 unspecified atom stereocenters. The minimum atomic E-state index is 0.151. The highest BCUT2D eigenvalue weighted by molar-refractivity contribution is 6.00. The normalized spacial score (nSPS) is 17.0. The number of ketones is 1. The number of nitrogens with zero attached hydrogens (tertiary/aromatic N) is 1. The van der Waals surface area contributed by atoms with Crippen LogP contribution >= 0.6 is 0 Å². The standard InChI is InChI=1S/C15H15NO/c1-10(11-6-7-11)15(17)13-8-12-4-2-3-5-14(12)16-9-13/h2-5,8-11H,6-7H2,1H3. The summed E-state index contributed by atoms with van der Waals surface area (Å²) in [5.41, 5.74) is 1.70. The Bertz CT molecular complexity index is 572. The fraction of sp³-hybridized carbons (Fsp3) is 0.333. The summed E-state index contributed by atoms with van der Waals surface area (Å²) >= 11 is 0. The van der Waals surface area contributed by atoms with Crippen LogP contribution in [0.3, 0.4) is 0 Å². The summed E-state index contributed by atoms with van der Waals surface area (Å²) in [5.74, 6) is 0.998. The Morgan fingerprint density at radius 2 is 2.12 bits per heavy atom. The van der Waals surface area contributed by atoms with Crippen molar-refractivity contribution in [3.8, 4) is 0 Å². The Hall–Kier alpha value is -1.70. The quantitative estimate of drug-likeness (QED) is 0.749. The van der Waals surface area contributed by atoms with E-state index in [2.05, 4.69) is 4.98 Å². The van der Waals surface area contributed by atoms with E-state index >= 15 is 0 Å². The van der Waals surface area contributed by atoms with Crippen LogP contribution in [0.25, 0.3) is 10.9 Å². The molecule has 0 amide bonds. The molecule has 1 aromatic heterocycles. The van der Waals surface area contributed by atoms with Crippen molar-refractivity contribution in [1.82, 2.24) is 4.98 Å². The van der Waals surface area contributed by atoms with Gasteiger partial charge in [0.05, 0.1) is 5.52 Å². The minimum absolute atomic E-state index is 0.151. The van der Waals surface area contributed by atoms with Crippen LogP contribution in [0.15, 0.2) is 36.5 Å². The van der Waals surface area contributed by atoms with Gasteiger partial charge in [-0.1, -0.05) is 25.1 Å². The van der Waals surface area contributed by atoms with Crippen LogP contribution in [0.2, 0.25) is 0 Å². The molecule has 1 heterocycles. The van der Waals surface area contributed by atoms with Crippen molar-refractivity contribution in [2.75, 3.05) is 0 Å². The van der Waals surface area contributed by atoms with Crippen molar-refractivity contribution in [2.45, 2.75) is 19.8 Å². The maximum atomic E-state index is 12.2. The number of carbonyl (C=O) groups is 1. The van der Waals surface area contributed by atoms with Gasteiger partial charge in [-0.05, 0) is 30.9 Å². The fourth-order valence-electron chi connectivity index (χ4n) is 2.28. The Balaban J connectivity index is 1.97. The second-order valence-corrected chi connectivity index (χ2v) is 4.91. The van der Waals surface area contributed by atoms with Gasteiger partial charge in [0.2, 0.25) is 0 Å². The zero-order valence-electron chi connectivity index (χ0n) is 9.89. The van der Waals surface area contributed by atoms with Gasteiger partial charge in [0.15, 0.2) is 5.78 Å². The maximum absolute atomic E-state index is 12.2. The second-order valence-electron chi connectivity index (χ2n) is 4.91. The molecule has 86 valence electrons. The molecular weight excluding hydrogens is 210 g/mol. The summed E-state index contributed by atoms with van der Waals surface area (Å²) in [7, 11) is 0. The molecule has 0 saturated heterocycles. The molecule has 2 heteroatoms. The number of hydrogen-bond donors (Lipinski definition) is 0. The molecule has 3 rings (SSSR count).